The highest BCUT2D eigenvalue weighted by Gasteiger charge is 2.62. The van der Waals surface area contributed by atoms with Gasteiger partial charge in [-0.25, -0.2) is 0 Å². The predicted molar refractivity (Wildman–Crippen MR) is 52.3 cm³/mol. The van der Waals surface area contributed by atoms with Gasteiger partial charge in [0.2, 0.25) is 0 Å². The maximum Gasteiger partial charge on any atom is 0.0708 e. The van der Waals surface area contributed by atoms with Crippen LogP contribution in [0.1, 0.15) is 45.4 Å². The van der Waals surface area contributed by atoms with E-state index in [1.165, 1.54) is 32.1 Å². The van der Waals surface area contributed by atoms with E-state index in [0.29, 0.717) is 11.8 Å². The Hall–Kier alpha value is -0.0400. The molecule has 0 aromatic carbocycles. The number of rotatable bonds is 3. The lowest BCUT2D eigenvalue weighted by molar-refractivity contribution is 0.0601. The van der Waals surface area contributed by atoms with E-state index in [9.17, 15) is 5.11 Å². The molecule has 0 spiro atoms. The Bertz CT molecular complexity index is 215. The summed E-state index contributed by atoms with van der Waals surface area (Å²) in [4.78, 5) is 0. The number of hydrogen-bond acceptors (Lipinski definition) is 1. The summed E-state index contributed by atoms with van der Waals surface area (Å²) >= 11 is 0. The third-order valence-electron chi connectivity index (χ3n) is 4.71. The average molecular weight is 180 g/mol. The fourth-order valence-electron chi connectivity index (χ4n) is 3.66. The zero-order chi connectivity index (χ0) is 9.05. The van der Waals surface area contributed by atoms with Crippen molar-refractivity contribution in [3.63, 3.8) is 0 Å². The van der Waals surface area contributed by atoms with E-state index in [-0.39, 0.29) is 5.60 Å². The lowest BCUT2D eigenvalue weighted by atomic mass is 9.92. The van der Waals surface area contributed by atoms with Gasteiger partial charge < -0.3 is 5.11 Å². The minimum atomic E-state index is -0.191. The molecule has 0 aliphatic heterocycles. The Balaban J connectivity index is 1.60. The van der Waals surface area contributed by atoms with E-state index in [0.717, 1.165) is 18.3 Å². The molecule has 74 valence electrons. The largest absolute Gasteiger partial charge is 0.389 e. The van der Waals surface area contributed by atoms with E-state index in [1.54, 1.807) is 0 Å². The molecule has 4 unspecified atom stereocenters. The van der Waals surface area contributed by atoms with E-state index in [4.69, 9.17) is 0 Å². The molecule has 0 amide bonds. The predicted octanol–water partition coefficient (Wildman–Crippen LogP) is 2.58. The fraction of sp³-hybridized carbons (Fsp3) is 1.00. The Labute approximate surface area is 80.5 Å². The van der Waals surface area contributed by atoms with Crippen LogP contribution in [0.15, 0.2) is 0 Å². The summed E-state index contributed by atoms with van der Waals surface area (Å²) in [6, 6.07) is 0. The van der Waals surface area contributed by atoms with Crippen molar-refractivity contribution in [3.05, 3.63) is 0 Å². The molecule has 0 heterocycles. The standard InChI is InChI=1S/C12H20O/c1-2-3-10-7-12(10,13)11-5-8-4-9(8)6-11/h8-11,13H,2-7H2,1H3. The molecule has 4 atom stereocenters. The van der Waals surface area contributed by atoms with Crippen LogP contribution in [0.2, 0.25) is 0 Å². The molecule has 3 aliphatic rings. The second-order valence-corrected chi connectivity index (χ2v) is 5.61. The Morgan fingerprint density at radius 3 is 2.54 bits per heavy atom. The first-order valence-electron chi connectivity index (χ1n) is 5.96. The van der Waals surface area contributed by atoms with Gasteiger partial charge in [-0.1, -0.05) is 13.3 Å². The molecule has 0 radical (unpaired) electrons. The summed E-state index contributed by atoms with van der Waals surface area (Å²) in [5.41, 5.74) is -0.191. The molecule has 3 saturated carbocycles. The monoisotopic (exact) mass is 180 g/mol. The number of aliphatic hydroxyl groups is 1. The van der Waals surface area contributed by atoms with Crippen molar-refractivity contribution in [2.45, 2.75) is 51.0 Å². The van der Waals surface area contributed by atoms with Gasteiger partial charge in [0, 0.05) is 0 Å². The van der Waals surface area contributed by atoms with Crippen LogP contribution < -0.4 is 0 Å². The minimum absolute atomic E-state index is 0.191. The maximum atomic E-state index is 10.4. The van der Waals surface area contributed by atoms with Crippen molar-refractivity contribution < 1.29 is 5.11 Å². The second kappa shape index (κ2) is 2.50. The molecule has 0 aromatic heterocycles. The lowest BCUT2D eigenvalue weighted by Gasteiger charge is -2.20. The first kappa shape index (κ1) is 8.28. The third-order valence-corrected chi connectivity index (χ3v) is 4.71. The first-order valence-corrected chi connectivity index (χ1v) is 5.96. The number of hydrogen-bond donors (Lipinski definition) is 1. The molecule has 1 nitrogen and oxygen atoms in total. The second-order valence-electron chi connectivity index (χ2n) is 5.61. The fourth-order valence-corrected chi connectivity index (χ4v) is 3.66. The quantitative estimate of drug-likeness (QED) is 0.707. The molecule has 13 heavy (non-hydrogen) atoms. The molecule has 0 bridgehead atoms. The first-order chi connectivity index (χ1) is 6.24. The van der Waals surface area contributed by atoms with Gasteiger partial charge in [-0.15, -0.1) is 0 Å². The van der Waals surface area contributed by atoms with Gasteiger partial charge in [-0.05, 0) is 55.8 Å². The van der Waals surface area contributed by atoms with Gasteiger partial charge in [-0.2, -0.15) is 0 Å². The lowest BCUT2D eigenvalue weighted by Crippen LogP contribution is -2.23. The summed E-state index contributed by atoms with van der Waals surface area (Å²) in [5.74, 6) is 3.40. The Morgan fingerprint density at radius 1 is 1.23 bits per heavy atom. The highest BCUT2D eigenvalue weighted by atomic mass is 16.3. The molecule has 1 N–H and O–H groups in total. The average Bonchev–Trinajstić information content (AvgIpc) is 2.95. The van der Waals surface area contributed by atoms with Gasteiger partial charge in [0.15, 0.2) is 0 Å². The van der Waals surface area contributed by atoms with Crippen LogP contribution in [0, 0.1) is 23.7 Å². The van der Waals surface area contributed by atoms with Crippen LogP contribution in [-0.2, 0) is 0 Å². The number of fused-ring (bicyclic) bond motifs is 1. The van der Waals surface area contributed by atoms with Gasteiger partial charge in [-0.3, -0.25) is 0 Å². The zero-order valence-corrected chi connectivity index (χ0v) is 8.50. The van der Waals surface area contributed by atoms with Crippen molar-refractivity contribution >= 4 is 0 Å². The van der Waals surface area contributed by atoms with E-state index >= 15 is 0 Å². The van der Waals surface area contributed by atoms with Crippen molar-refractivity contribution in [2.24, 2.45) is 23.7 Å². The summed E-state index contributed by atoms with van der Waals surface area (Å²) in [6.45, 7) is 2.23. The summed E-state index contributed by atoms with van der Waals surface area (Å²) in [7, 11) is 0. The van der Waals surface area contributed by atoms with Crippen LogP contribution in [-0.4, -0.2) is 10.7 Å². The van der Waals surface area contributed by atoms with Gasteiger partial charge >= 0.3 is 0 Å². The highest BCUT2D eigenvalue weighted by molar-refractivity contribution is 5.12. The van der Waals surface area contributed by atoms with Crippen LogP contribution >= 0.6 is 0 Å². The molecule has 3 fully saturated rings. The van der Waals surface area contributed by atoms with Crippen molar-refractivity contribution in [1.82, 2.24) is 0 Å². The smallest absolute Gasteiger partial charge is 0.0708 e. The van der Waals surface area contributed by atoms with Gasteiger partial charge in [0.25, 0.3) is 0 Å². The van der Waals surface area contributed by atoms with E-state index < -0.39 is 0 Å². The molecule has 0 aromatic rings. The normalized spacial score (nSPS) is 57.7. The molecule has 3 rings (SSSR count). The van der Waals surface area contributed by atoms with Crippen molar-refractivity contribution in [3.8, 4) is 0 Å². The van der Waals surface area contributed by atoms with E-state index in [1.807, 2.05) is 0 Å². The van der Waals surface area contributed by atoms with Crippen molar-refractivity contribution in [1.29, 1.82) is 0 Å². The van der Waals surface area contributed by atoms with Crippen LogP contribution in [0.3, 0.4) is 0 Å². The topological polar surface area (TPSA) is 20.2 Å². The van der Waals surface area contributed by atoms with Crippen molar-refractivity contribution in [2.75, 3.05) is 0 Å². The molecular formula is C12H20O. The summed E-state index contributed by atoms with van der Waals surface area (Å²) in [6.07, 6.45) is 7.79. The molecular weight excluding hydrogens is 160 g/mol. The molecule has 1 heteroatoms. The maximum absolute atomic E-state index is 10.4. The minimum Gasteiger partial charge on any atom is -0.389 e. The summed E-state index contributed by atoms with van der Waals surface area (Å²) < 4.78 is 0. The Kier molecular flexibility index (Phi) is 1.59. The highest BCUT2D eigenvalue weighted by Crippen LogP contribution is 2.64. The molecule has 0 saturated heterocycles. The Morgan fingerprint density at radius 2 is 1.92 bits per heavy atom. The SMILES string of the molecule is CCCC1CC1(O)C1CC2CC2C1. The van der Waals surface area contributed by atoms with Crippen LogP contribution in [0.25, 0.3) is 0 Å². The van der Waals surface area contributed by atoms with Gasteiger partial charge in [0.1, 0.15) is 0 Å². The zero-order valence-electron chi connectivity index (χ0n) is 8.50. The summed E-state index contributed by atoms with van der Waals surface area (Å²) in [5, 5.41) is 10.4. The molecule has 3 aliphatic carbocycles. The third kappa shape index (κ3) is 1.16. The van der Waals surface area contributed by atoms with Crippen LogP contribution in [0.4, 0.5) is 0 Å². The van der Waals surface area contributed by atoms with E-state index in [2.05, 4.69) is 6.92 Å². The van der Waals surface area contributed by atoms with Crippen LogP contribution in [0.5, 0.6) is 0 Å². The van der Waals surface area contributed by atoms with Gasteiger partial charge in [0.05, 0.1) is 5.60 Å².